The lowest BCUT2D eigenvalue weighted by Crippen LogP contribution is -2.55. The van der Waals surface area contributed by atoms with Crippen LogP contribution >= 0.6 is 0 Å². The van der Waals surface area contributed by atoms with Crippen molar-refractivity contribution in [1.29, 1.82) is 0 Å². The third-order valence-electron chi connectivity index (χ3n) is 7.99. The molecule has 5 nitrogen and oxygen atoms in total. The lowest BCUT2D eigenvalue weighted by Gasteiger charge is -2.62. The molecule has 0 amide bonds. The predicted octanol–water partition coefficient (Wildman–Crippen LogP) is 5.07. The van der Waals surface area contributed by atoms with Crippen LogP contribution in [-0.4, -0.2) is 36.6 Å². The first-order valence-electron chi connectivity index (χ1n) is 11.7. The highest BCUT2D eigenvalue weighted by atomic mass is 16.5. The standard InChI is InChI=1S/C25H39NO4/c1-8-13-26-15(4)20(23(27)29-9-2)22(21(16(26)5)24(28)30-10-3)18-12-11-17-14-19(18)25(17,6)7/h17-19,22H,8-14H2,1-7H3. The smallest absolute Gasteiger partial charge is 0.336 e. The van der Waals surface area contributed by atoms with Crippen LogP contribution in [0.25, 0.3) is 0 Å². The van der Waals surface area contributed by atoms with E-state index in [2.05, 4.69) is 25.7 Å². The number of nitrogens with zero attached hydrogens (tertiary/aromatic N) is 1. The van der Waals surface area contributed by atoms with Crippen molar-refractivity contribution in [1.82, 2.24) is 4.90 Å². The van der Waals surface area contributed by atoms with Crippen LogP contribution in [0.5, 0.6) is 0 Å². The van der Waals surface area contributed by atoms with Gasteiger partial charge in [-0.15, -0.1) is 0 Å². The van der Waals surface area contributed by atoms with Crippen molar-refractivity contribution in [3.63, 3.8) is 0 Å². The Morgan fingerprint density at radius 1 is 0.967 bits per heavy atom. The zero-order valence-electron chi connectivity index (χ0n) is 19.8. The number of hydrogen-bond acceptors (Lipinski definition) is 5. The van der Waals surface area contributed by atoms with Crippen molar-refractivity contribution < 1.29 is 19.1 Å². The highest BCUT2D eigenvalue weighted by molar-refractivity contribution is 5.98. The summed E-state index contributed by atoms with van der Waals surface area (Å²) in [6, 6.07) is 0. The summed E-state index contributed by atoms with van der Waals surface area (Å²) in [6.45, 7) is 15.9. The van der Waals surface area contributed by atoms with Crippen LogP contribution in [0.15, 0.2) is 22.5 Å². The molecule has 0 aromatic carbocycles. The summed E-state index contributed by atoms with van der Waals surface area (Å²) in [4.78, 5) is 28.6. The van der Waals surface area contributed by atoms with Crippen LogP contribution in [0.4, 0.5) is 0 Å². The summed E-state index contributed by atoms with van der Waals surface area (Å²) >= 11 is 0. The minimum absolute atomic E-state index is 0.248. The lowest BCUT2D eigenvalue weighted by molar-refractivity contribution is -0.145. The van der Waals surface area contributed by atoms with Crippen LogP contribution in [0.3, 0.4) is 0 Å². The molecule has 3 aliphatic carbocycles. The maximum Gasteiger partial charge on any atom is 0.336 e. The molecule has 0 spiro atoms. The molecule has 1 aliphatic heterocycles. The van der Waals surface area contributed by atoms with Gasteiger partial charge in [0.15, 0.2) is 0 Å². The Kier molecular flexibility index (Phi) is 6.69. The molecule has 3 unspecified atom stereocenters. The first-order valence-corrected chi connectivity index (χ1v) is 11.7. The number of fused-ring (bicyclic) bond motifs is 2. The summed E-state index contributed by atoms with van der Waals surface area (Å²) in [5.74, 6) is 0.711. The highest BCUT2D eigenvalue weighted by Crippen LogP contribution is 2.64. The van der Waals surface area contributed by atoms with Crippen molar-refractivity contribution >= 4 is 11.9 Å². The number of carbonyl (C=O) groups is 2. The van der Waals surface area contributed by atoms with Gasteiger partial charge in [0.25, 0.3) is 0 Å². The van der Waals surface area contributed by atoms with E-state index in [-0.39, 0.29) is 29.2 Å². The molecule has 3 saturated carbocycles. The van der Waals surface area contributed by atoms with Crippen molar-refractivity contribution in [2.45, 2.75) is 74.1 Å². The van der Waals surface area contributed by atoms with E-state index in [0.717, 1.165) is 43.1 Å². The lowest BCUT2D eigenvalue weighted by atomic mass is 9.43. The van der Waals surface area contributed by atoms with Gasteiger partial charge in [0.05, 0.1) is 24.4 Å². The molecule has 0 N–H and O–H groups in total. The van der Waals surface area contributed by atoms with Gasteiger partial charge in [-0.1, -0.05) is 20.8 Å². The molecule has 4 aliphatic rings. The fourth-order valence-corrected chi connectivity index (χ4v) is 6.36. The average Bonchev–Trinajstić information content (AvgIpc) is 2.70. The average molecular weight is 418 g/mol. The van der Waals surface area contributed by atoms with Crippen molar-refractivity contribution in [2.24, 2.45) is 29.1 Å². The van der Waals surface area contributed by atoms with E-state index in [1.165, 1.54) is 6.42 Å². The number of esters is 2. The van der Waals surface area contributed by atoms with Crippen molar-refractivity contribution in [2.75, 3.05) is 19.8 Å². The summed E-state index contributed by atoms with van der Waals surface area (Å²) in [5.41, 5.74) is 3.47. The third kappa shape index (κ3) is 3.58. The summed E-state index contributed by atoms with van der Waals surface area (Å²) in [7, 11) is 0. The number of rotatable bonds is 7. The zero-order chi connectivity index (χ0) is 22.2. The number of carbonyl (C=O) groups excluding carboxylic acids is 2. The summed E-state index contributed by atoms with van der Waals surface area (Å²) in [5, 5.41) is 0. The Hall–Kier alpha value is -1.78. The quantitative estimate of drug-likeness (QED) is 0.541. The molecular weight excluding hydrogens is 378 g/mol. The maximum absolute atomic E-state index is 13.2. The molecule has 4 rings (SSSR count). The topological polar surface area (TPSA) is 55.8 Å². The normalized spacial score (nSPS) is 28.4. The van der Waals surface area contributed by atoms with E-state index in [0.29, 0.717) is 30.3 Å². The molecule has 168 valence electrons. The Bertz CT molecular complexity index is 719. The van der Waals surface area contributed by atoms with E-state index in [1.54, 1.807) is 0 Å². The highest BCUT2D eigenvalue weighted by Gasteiger charge is 2.58. The predicted molar refractivity (Wildman–Crippen MR) is 117 cm³/mol. The molecule has 0 saturated heterocycles. The molecule has 0 aromatic rings. The van der Waals surface area contributed by atoms with Crippen LogP contribution in [0.2, 0.25) is 0 Å². The van der Waals surface area contributed by atoms with E-state index in [9.17, 15) is 9.59 Å². The van der Waals surface area contributed by atoms with Gasteiger partial charge in [0.1, 0.15) is 0 Å². The summed E-state index contributed by atoms with van der Waals surface area (Å²) < 4.78 is 11.0. The van der Waals surface area contributed by atoms with Crippen LogP contribution in [-0.2, 0) is 19.1 Å². The fraction of sp³-hybridized carbons (Fsp3) is 0.760. The molecule has 30 heavy (non-hydrogen) atoms. The Morgan fingerprint density at radius 3 is 1.90 bits per heavy atom. The van der Waals surface area contributed by atoms with Crippen molar-refractivity contribution in [3.05, 3.63) is 22.5 Å². The minimum Gasteiger partial charge on any atom is -0.463 e. The first kappa shape index (κ1) is 22.9. The zero-order valence-corrected chi connectivity index (χ0v) is 19.8. The Labute approximate surface area is 181 Å². The summed E-state index contributed by atoms with van der Waals surface area (Å²) in [6.07, 6.45) is 4.32. The second-order valence-corrected chi connectivity index (χ2v) is 9.67. The number of allylic oxidation sites excluding steroid dienone is 2. The molecule has 5 heteroatoms. The van der Waals surface area contributed by atoms with Gasteiger partial charge in [-0.25, -0.2) is 9.59 Å². The monoisotopic (exact) mass is 417 g/mol. The van der Waals surface area contributed by atoms with E-state index >= 15 is 0 Å². The Morgan fingerprint density at radius 2 is 1.50 bits per heavy atom. The second kappa shape index (κ2) is 8.76. The third-order valence-corrected chi connectivity index (χ3v) is 7.99. The molecule has 3 atom stereocenters. The molecular formula is C25H39NO4. The van der Waals surface area contributed by atoms with E-state index in [4.69, 9.17) is 9.47 Å². The van der Waals surface area contributed by atoms with E-state index in [1.807, 2.05) is 27.7 Å². The second-order valence-electron chi connectivity index (χ2n) is 9.67. The molecule has 0 aromatic heterocycles. The Balaban J connectivity index is 2.15. The molecule has 0 radical (unpaired) electrons. The van der Waals surface area contributed by atoms with Gasteiger partial charge in [-0.3, -0.25) is 0 Å². The van der Waals surface area contributed by atoms with Gasteiger partial charge in [0, 0.05) is 23.9 Å². The first-order chi connectivity index (χ1) is 14.2. The number of hydrogen-bond donors (Lipinski definition) is 0. The van der Waals surface area contributed by atoms with Crippen LogP contribution < -0.4 is 0 Å². The fourth-order valence-electron chi connectivity index (χ4n) is 6.36. The minimum atomic E-state index is -0.283. The molecule has 3 fully saturated rings. The van der Waals surface area contributed by atoms with Crippen molar-refractivity contribution in [3.8, 4) is 0 Å². The number of ether oxygens (including phenoxy) is 2. The SMILES string of the molecule is CCCN1C(C)=C(C(=O)OCC)C(C2CCC3CC2C3(C)C)C(C(=O)OCC)=C1C. The van der Waals surface area contributed by atoms with E-state index < -0.39 is 0 Å². The van der Waals surface area contributed by atoms with Gasteiger partial charge in [-0.05, 0) is 76.5 Å². The van der Waals surface area contributed by atoms with Crippen LogP contribution in [0.1, 0.15) is 74.1 Å². The molecule has 1 heterocycles. The maximum atomic E-state index is 13.2. The van der Waals surface area contributed by atoms with Gasteiger partial charge >= 0.3 is 11.9 Å². The van der Waals surface area contributed by atoms with Gasteiger partial charge in [0.2, 0.25) is 0 Å². The van der Waals surface area contributed by atoms with Gasteiger partial charge < -0.3 is 14.4 Å². The largest absolute Gasteiger partial charge is 0.463 e. The molecule has 2 bridgehead atoms. The van der Waals surface area contributed by atoms with Crippen LogP contribution in [0, 0.1) is 29.1 Å². The van der Waals surface area contributed by atoms with Gasteiger partial charge in [-0.2, -0.15) is 0 Å².